The molecule has 5 heteroatoms. The molecule has 20 heavy (non-hydrogen) atoms. The van der Waals surface area contributed by atoms with Crippen LogP contribution in [0.2, 0.25) is 0 Å². The standard InChI is InChI=1S/C15H16FN3O/c16-13-4-1-5-14(9-13)19-15(20)11-18-8-6-12-3-2-7-17-10-12/h1-5,7,9-10,18H,6,8,11H2,(H,19,20). The first-order valence-electron chi connectivity index (χ1n) is 6.39. The molecule has 1 aromatic heterocycles. The molecule has 0 saturated heterocycles. The van der Waals surface area contributed by atoms with E-state index in [0.29, 0.717) is 12.2 Å². The highest BCUT2D eigenvalue weighted by atomic mass is 19.1. The van der Waals surface area contributed by atoms with Gasteiger partial charge in [-0.05, 0) is 42.8 Å². The molecular formula is C15H16FN3O. The molecule has 4 nitrogen and oxygen atoms in total. The van der Waals surface area contributed by atoms with Crippen LogP contribution in [0.25, 0.3) is 0 Å². The van der Waals surface area contributed by atoms with E-state index in [2.05, 4.69) is 15.6 Å². The summed E-state index contributed by atoms with van der Waals surface area (Å²) < 4.78 is 12.9. The molecule has 2 aromatic rings. The first kappa shape index (κ1) is 14.1. The van der Waals surface area contributed by atoms with Crippen LogP contribution in [-0.2, 0) is 11.2 Å². The minimum Gasteiger partial charge on any atom is -0.325 e. The number of hydrogen-bond acceptors (Lipinski definition) is 3. The normalized spacial score (nSPS) is 10.2. The van der Waals surface area contributed by atoms with Crippen LogP contribution in [0.4, 0.5) is 10.1 Å². The molecule has 1 aromatic carbocycles. The molecule has 0 unspecified atom stereocenters. The Morgan fingerprint density at radius 3 is 2.90 bits per heavy atom. The van der Waals surface area contributed by atoms with E-state index in [1.54, 1.807) is 24.5 Å². The zero-order valence-corrected chi connectivity index (χ0v) is 11.0. The zero-order valence-electron chi connectivity index (χ0n) is 11.0. The zero-order chi connectivity index (χ0) is 14.2. The van der Waals surface area contributed by atoms with Gasteiger partial charge in [0.2, 0.25) is 5.91 Å². The summed E-state index contributed by atoms with van der Waals surface area (Å²) in [4.78, 5) is 15.6. The van der Waals surface area contributed by atoms with Gasteiger partial charge in [-0.25, -0.2) is 4.39 Å². The topological polar surface area (TPSA) is 54.0 Å². The number of aromatic nitrogens is 1. The first-order chi connectivity index (χ1) is 9.74. The van der Waals surface area contributed by atoms with Crippen LogP contribution in [0.3, 0.4) is 0 Å². The molecule has 0 spiro atoms. The van der Waals surface area contributed by atoms with Crippen molar-refractivity contribution in [3.63, 3.8) is 0 Å². The van der Waals surface area contributed by atoms with Gasteiger partial charge in [0.05, 0.1) is 6.54 Å². The fraction of sp³-hybridized carbons (Fsp3) is 0.200. The Morgan fingerprint density at radius 2 is 2.15 bits per heavy atom. The Labute approximate surface area is 117 Å². The molecule has 0 saturated carbocycles. The SMILES string of the molecule is O=C(CNCCc1cccnc1)Nc1cccc(F)c1. The fourth-order valence-electron chi connectivity index (χ4n) is 1.75. The van der Waals surface area contributed by atoms with Gasteiger partial charge >= 0.3 is 0 Å². The van der Waals surface area contributed by atoms with Crippen molar-refractivity contribution in [1.82, 2.24) is 10.3 Å². The molecule has 1 amide bonds. The van der Waals surface area contributed by atoms with Gasteiger partial charge < -0.3 is 10.6 Å². The molecule has 2 N–H and O–H groups in total. The van der Waals surface area contributed by atoms with Crippen molar-refractivity contribution < 1.29 is 9.18 Å². The second kappa shape index (κ2) is 7.35. The summed E-state index contributed by atoms with van der Waals surface area (Å²) in [5.41, 5.74) is 1.58. The molecule has 0 fully saturated rings. The van der Waals surface area contributed by atoms with Crippen molar-refractivity contribution in [2.24, 2.45) is 0 Å². The number of amides is 1. The minimum absolute atomic E-state index is 0.191. The van der Waals surface area contributed by atoms with Crippen LogP contribution in [0.15, 0.2) is 48.8 Å². The van der Waals surface area contributed by atoms with Gasteiger partial charge in [-0.3, -0.25) is 9.78 Å². The Kier molecular flexibility index (Phi) is 5.20. The molecule has 104 valence electrons. The minimum atomic E-state index is -0.368. The summed E-state index contributed by atoms with van der Waals surface area (Å²) in [5, 5.41) is 5.66. The molecule has 0 atom stereocenters. The van der Waals surface area contributed by atoms with Crippen LogP contribution in [-0.4, -0.2) is 24.0 Å². The van der Waals surface area contributed by atoms with Gasteiger partial charge in [0, 0.05) is 18.1 Å². The lowest BCUT2D eigenvalue weighted by Crippen LogP contribution is -2.29. The van der Waals surface area contributed by atoms with Gasteiger partial charge in [-0.2, -0.15) is 0 Å². The highest BCUT2D eigenvalue weighted by Crippen LogP contribution is 2.08. The van der Waals surface area contributed by atoms with Gasteiger partial charge in [-0.1, -0.05) is 12.1 Å². The summed E-state index contributed by atoms with van der Waals surface area (Å²) >= 11 is 0. The van der Waals surface area contributed by atoms with E-state index in [9.17, 15) is 9.18 Å². The number of hydrogen-bond donors (Lipinski definition) is 2. The van der Waals surface area contributed by atoms with E-state index in [-0.39, 0.29) is 18.3 Å². The molecule has 2 rings (SSSR count). The highest BCUT2D eigenvalue weighted by Gasteiger charge is 2.02. The first-order valence-corrected chi connectivity index (χ1v) is 6.39. The monoisotopic (exact) mass is 273 g/mol. The maximum absolute atomic E-state index is 12.9. The Bertz CT molecular complexity index is 560. The number of carbonyl (C=O) groups excluding carboxylic acids is 1. The van der Waals surface area contributed by atoms with Gasteiger partial charge in [0.15, 0.2) is 0 Å². The molecular weight excluding hydrogens is 257 g/mol. The van der Waals surface area contributed by atoms with Crippen molar-refractivity contribution in [2.45, 2.75) is 6.42 Å². The Hall–Kier alpha value is -2.27. The van der Waals surface area contributed by atoms with Crippen molar-refractivity contribution in [3.8, 4) is 0 Å². The third-order valence-electron chi connectivity index (χ3n) is 2.71. The third-order valence-corrected chi connectivity index (χ3v) is 2.71. The summed E-state index contributed by atoms with van der Waals surface area (Å²) in [6, 6.07) is 9.69. The highest BCUT2D eigenvalue weighted by molar-refractivity contribution is 5.92. The summed E-state index contributed by atoms with van der Waals surface area (Å²) in [7, 11) is 0. The predicted octanol–water partition coefficient (Wildman–Crippen LogP) is 1.99. The van der Waals surface area contributed by atoms with E-state index in [1.165, 1.54) is 12.1 Å². The number of pyridine rings is 1. The van der Waals surface area contributed by atoms with Crippen LogP contribution in [0.1, 0.15) is 5.56 Å². The lowest BCUT2D eigenvalue weighted by molar-refractivity contribution is -0.115. The summed E-state index contributed by atoms with van der Waals surface area (Å²) in [6.07, 6.45) is 4.33. The molecule has 0 aliphatic carbocycles. The van der Waals surface area contributed by atoms with Crippen molar-refractivity contribution in [3.05, 3.63) is 60.2 Å². The maximum Gasteiger partial charge on any atom is 0.238 e. The second-order valence-corrected chi connectivity index (χ2v) is 4.35. The predicted molar refractivity (Wildman–Crippen MR) is 75.8 cm³/mol. The lowest BCUT2D eigenvalue weighted by atomic mass is 10.2. The van der Waals surface area contributed by atoms with Crippen LogP contribution >= 0.6 is 0 Å². The molecule has 1 heterocycles. The quantitative estimate of drug-likeness (QED) is 0.791. The lowest BCUT2D eigenvalue weighted by Gasteiger charge is -2.06. The number of anilines is 1. The number of nitrogens with one attached hydrogen (secondary N) is 2. The maximum atomic E-state index is 12.9. The van der Waals surface area contributed by atoms with Gasteiger partial charge in [-0.15, -0.1) is 0 Å². The van der Waals surface area contributed by atoms with Crippen LogP contribution in [0.5, 0.6) is 0 Å². The molecule has 0 bridgehead atoms. The summed E-state index contributed by atoms with van der Waals surface area (Å²) in [6.45, 7) is 0.874. The number of rotatable bonds is 6. The average Bonchev–Trinajstić information content (AvgIpc) is 2.45. The van der Waals surface area contributed by atoms with E-state index in [1.807, 2.05) is 12.1 Å². The average molecular weight is 273 g/mol. The van der Waals surface area contributed by atoms with Gasteiger partial charge in [0.25, 0.3) is 0 Å². The smallest absolute Gasteiger partial charge is 0.238 e. The second-order valence-electron chi connectivity index (χ2n) is 4.35. The number of halogens is 1. The van der Waals surface area contributed by atoms with E-state index in [4.69, 9.17) is 0 Å². The van der Waals surface area contributed by atoms with Crippen molar-refractivity contribution in [1.29, 1.82) is 0 Å². The number of benzene rings is 1. The number of carbonyl (C=O) groups is 1. The third kappa shape index (κ3) is 4.78. The van der Waals surface area contributed by atoms with Crippen molar-refractivity contribution in [2.75, 3.05) is 18.4 Å². The van der Waals surface area contributed by atoms with E-state index < -0.39 is 0 Å². The van der Waals surface area contributed by atoms with Crippen LogP contribution < -0.4 is 10.6 Å². The molecule has 0 radical (unpaired) electrons. The largest absolute Gasteiger partial charge is 0.325 e. The van der Waals surface area contributed by atoms with Gasteiger partial charge in [0.1, 0.15) is 5.82 Å². The Morgan fingerprint density at radius 1 is 1.25 bits per heavy atom. The number of nitrogens with zero attached hydrogens (tertiary/aromatic N) is 1. The fourth-order valence-corrected chi connectivity index (χ4v) is 1.75. The van der Waals surface area contributed by atoms with Crippen LogP contribution in [0, 0.1) is 5.82 Å². The summed E-state index contributed by atoms with van der Waals surface area (Å²) in [5.74, 6) is -0.561. The van der Waals surface area contributed by atoms with E-state index >= 15 is 0 Å². The van der Waals surface area contributed by atoms with Crippen molar-refractivity contribution >= 4 is 11.6 Å². The molecule has 0 aliphatic heterocycles. The van der Waals surface area contributed by atoms with E-state index in [0.717, 1.165) is 12.0 Å². The Balaban J connectivity index is 1.68. The molecule has 0 aliphatic rings.